The molecule has 9 nitrogen and oxygen atoms in total. The standard InChI is InChI=1S/C20H40N6O3S/c1-20(2,13-27)15-7-8-21-18(9-15)26-12-16(11-23-26)30(28,29)24-17-6-4-5-14-10-22-25(3)19(14)17/h14-19,21-24,27H,4-13H2,1-3H3. The van der Waals surface area contributed by atoms with Gasteiger partial charge in [0.15, 0.2) is 0 Å². The van der Waals surface area contributed by atoms with Crippen molar-refractivity contribution < 1.29 is 13.5 Å². The minimum Gasteiger partial charge on any atom is -0.396 e. The second-order valence-corrected chi connectivity index (χ2v) is 12.4. The first-order chi connectivity index (χ1) is 14.2. The van der Waals surface area contributed by atoms with Crippen LogP contribution in [0.4, 0.5) is 0 Å². The quantitative estimate of drug-likeness (QED) is 0.371. The summed E-state index contributed by atoms with van der Waals surface area (Å²) in [5.74, 6) is 0.932. The van der Waals surface area contributed by atoms with E-state index >= 15 is 0 Å². The van der Waals surface area contributed by atoms with Crippen molar-refractivity contribution in [3.63, 3.8) is 0 Å². The van der Waals surface area contributed by atoms with Gasteiger partial charge in [-0.2, -0.15) is 0 Å². The summed E-state index contributed by atoms with van der Waals surface area (Å²) in [5.41, 5.74) is 6.58. The molecule has 4 aliphatic rings. The highest BCUT2D eigenvalue weighted by molar-refractivity contribution is 7.90. The van der Waals surface area contributed by atoms with Gasteiger partial charge in [0.2, 0.25) is 10.0 Å². The van der Waals surface area contributed by atoms with E-state index in [-0.39, 0.29) is 30.3 Å². The van der Waals surface area contributed by atoms with Crippen LogP contribution >= 0.6 is 0 Å². The van der Waals surface area contributed by atoms with Gasteiger partial charge in [0, 0.05) is 45.4 Å². The van der Waals surface area contributed by atoms with E-state index in [1.807, 2.05) is 7.05 Å². The SMILES string of the molecule is CN1NCC2CCCC(NS(=O)(=O)C3CNN(C4CC(C(C)(C)CO)CCN4)C3)C21. The normalized spacial score (nSPS) is 39.3. The maximum absolute atomic E-state index is 13.2. The molecule has 4 rings (SSSR count). The average molecular weight is 445 g/mol. The Balaban J connectivity index is 1.36. The maximum Gasteiger partial charge on any atom is 0.217 e. The molecule has 3 aliphatic heterocycles. The van der Waals surface area contributed by atoms with Crippen molar-refractivity contribution >= 4 is 10.0 Å². The van der Waals surface area contributed by atoms with E-state index in [9.17, 15) is 13.5 Å². The number of sulfonamides is 1. The summed E-state index contributed by atoms with van der Waals surface area (Å²) in [6.07, 6.45) is 5.18. The van der Waals surface area contributed by atoms with Gasteiger partial charge in [0.25, 0.3) is 0 Å². The lowest BCUT2D eigenvalue weighted by Crippen LogP contribution is -2.56. The highest BCUT2D eigenvalue weighted by Crippen LogP contribution is 2.35. The summed E-state index contributed by atoms with van der Waals surface area (Å²) in [6, 6.07) is 0.214. The van der Waals surface area contributed by atoms with Gasteiger partial charge in [0.1, 0.15) is 5.25 Å². The number of hydrazine groups is 2. The second-order valence-electron chi connectivity index (χ2n) is 10.4. The van der Waals surface area contributed by atoms with Crippen LogP contribution in [0.5, 0.6) is 0 Å². The van der Waals surface area contributed by atoms with E-state index in [0.717, 1.165) is 45.2 Å². The number of fused-ring (bicyclic) bond motifs is 1. The van der Waals surface area contributed by atoms with E-state index in [0.29, 0.717) is 24.9 Å². The van der Waals surface area contributed by atoms with Crippen LogP contribution in [0, 0.1) is 17.3 Å². The monoisotopic (exact) mass is 444 g/mol. The summed E-state index contributed by atoms with van der Waals surface area (Å²) in [4.78, 5) is 0. The lowest BCUT2D eigenvalue weighted by atomic mass is 9.74. The fraction of sp³-hybridized carbons (Fsp3) is 1.00. The van der Waals surface area contributed by atoms with Crippen LogP contribution in [0.2, 0.25) is 0 Å². The van der Waals surface area contributed by atoms with Crippen molar-refractivity contribution in [3.05, 3.63) is 0 Å². The summed E-state index contributed by atoms with van der Waals surface area (Å²) >= 11 is 0. The van der Waals surface area contributed by atoms with Gasteiger partial charge in [-0.25, -0.2) is 23.2 Å². The Hall–Kier alpha value is -0.330. The third-order valence-corrected chi connectivity index (χ3v) is 9.81. The number of hydrogen-bond donors (Lipinski definition) is 5. The first-order valence-electron chi connectivity index (χ1n) is 11.5. The second kappa shape index (κ2) is 8.90. The molecule has 5 N–H and O–H groups in total. The van der Waals surface area contributed by atoms with Gasteiger partial charge in [-0.3, -0.25) is 10.9 Å². The molecule has 1 aliphatic carbocycles. The zero-order valence-electron chi connectivity index (χ0n) is 18.6. The molecule has 6 atom stereocenters. The Morgan fingerprint density at radius 1 is 1.17 bits per heavy atom. The largest absolute Gasteiger partial charge is 0.396 e. The average Bonchev–Trinajstić information content (AvgIpc) is 3.36. The lowest BCUT2D eigenvalue weighted by molar-refractivity contribution is 0.0243. The summed E-state index contributed by atoms with van der Waals surface area (Å²) < 4.78 is 29.5. The van der Waals surface area contributed by atoms with Gasteiger partial charge in [-0.1, -0.05) is 20.3 Å². The zero-order valence-corrected chi connectivity index (χ0v) is 19.4. The lowest BCUT2D eigenvalue weighted by Gasteiger charge is -2.42. The van der Waals surface area contributed by atoms with E-state index in [1.165, 1.54) is 0 Å². The Morgan fingerprint density at radius 2 is 1.97 bits per heavy atom. The first kappa shape index (κ1) is 22.8. The van der Waals surface area contributed by atoms with Gasteiger partial charge < -0.3 is 10.4 Å². The molecule has 1 saturated carbocycles. The minimum atomic E-state index is -3.42. The minimum absolute atomic E-state index is 0.0228. The topological polar surface area (TPSA) is 109 Å². The first-order valence-corrected chi connectivity index (χ1v) is 13.1. The molecule has 6 unspecified atom stereocenters. The number of nitrogens with one attached hydrogen (secondary N) is 4. The van der Waals surface area contributed by atoms with Crippen LogP contribution in [0.3, 0.4) is 0 Å². The molecule has 0 bridgehead atoms. The Kier molecular flexibility index (Phi) is 6.78. The highest BCUT2D eigenvalue weighted by Gasteiger charge is 2.45. The molecular weight excluding hydrogens is 404 g/mol. The Morgan fingerprint density at radius 3 is 2.73 bits per heavy atom. The third-order valence-electron chi connectivity index (χ3n) is 7.98. The van der Waals surface area contributed by atoms with Crippen LogP contribution in [0.15, 0.2) is 0 Å². The molecular formula is C20H40N6O3S. The summed E-state index contributed by atoms with van der Waals surface area (Å²) in [6.45, 7) is 7.14. The molecule has 3 heterocycles. The molecule has 4 fully saturated rings. The van der Waals surface area contributed by atoms with Crippen molar-refractivity contribution in [1.82, 2.24) is 30.9 Å². The predicted octanol–water partition coefficient (Wildman–Crippen LogP) is -0.574. The van der Waals surface area contributed by atoms with Crippen LogP contribution in [0.25, 0.3) is 0 Å². The summed E-state index contributed by atoms with van der Waals surface area (Å²) in [7, 11) is -1.39. The number of hydrogen-bond acceptors (Lipinski definition) is 8. The molecule has 0 aromatic heterocycles. The molecule has 174 valence electrons. The van der Waals surface area contributed by atoms with E-state index < -0.39 is 15.3 Å². The molecule has 30 heavy (non-hydrogen) atoms. The van der Waals surface area contributed by atoms with Gasteiger partial charge >= 0.3 is 0 Å². The third kappa shape index (κ3) is 4.56. The van der Waals surface area contributed by atoms with Crippen molar-refractivity contribution in [1.29, 1.82) is 0 Å². The van der Waals surface area contributed by atoms with Gasteiger partial charge in [-0.15, -0.1) is 0 Å². The Bertz CT molecular complexity index is 703. The number of likely N-dealkylation sites (N-methyl/N-ethyl adjacent to an activating group) is 1. The predicted molar refractivity (Wildman–Crippen MR) is 117 cm³/mol. The van der Waals surface area contributed by atoms with E-state index in [4.69, 9.17) is 0 Å². The maximum atomic E-state index is 13.2. The fourth-order valence-corrected chi connectivity index (χ4v) is 7.39. The molecule has 10 heteroatoms. The number of piperidine rings is 1. The number of rotatable bonds is 6. The van der Waals surface area contributed by atoms with Crippen LogP contribution in [-0.4, -0.2) is 86.9 Å². The van der Waals surface area contributed by atoms with E-state index in [2.05, 4.69) is 44.8 Å². The molecule has 0 spiro atoms. The van der Waals surface area contributed by atoms with E-state index in [1.54, 1.807) is 0 Å². The molecule has 3 saturated heterocycles. The van der Waals surface area contributed by atoms with Crippen molar-refractivity contribution in [3.8, 4) is 0 Å². The number of aliphatic hydroxyl groups is 1. The van der Waals surface area contributed by atoms with Crippen molar-refractivity contribution in [2.24, 2.45) is 17.3 Å². The van der Waals surface area contributed by atoms with Gasteiger partial charge in [0.05, 0.1) is 6.17 Å². The van der Waals surface area contributed by atoms with Crippen molar-refractivity contribution in [2.45, 2.75) is 69.5 Å². The number of aliphatic hydroxyl groups excluding tert-OH is 1. The summed E-state index contributed by atoms with van der Waals surface area (Å²) in [5, 5.41) is 17.0. The Labute approximate surface area is 181 Å². The van der Waals surface area contributed by atoms with Crippen LogP contribution in [-0.2, 0) is 10.0 Å². The highest BCUT2D eigenvalue weighted by atomic mass is 32.2. The van der Waals surface area contributed by atoms with Gasteiger partial charge in [-0.05, 0) is 49.5 Å². The molecule has 0 amide bonds. The fourth-order valence-electron chi connectivity index (χ4n) is 5.87. The van der Waals surface area contributed by atoms with Crippen LogP contribution < -0.4 is 20.9 Å². The van der Waals surface area contributed by atoms with Crippen LogP contribution in [0.1, 0.15) is 46.0 Å². The zero-order chi connectivity index (χ0) is 21.5. The number of nitrogens with zero attached hydrogens (tertiary/aromatic N) is 2. The van der Waals surface area contributed by atoms with Crippen molar-refractivity contribution in [2.75, 3.05) is 39.8 Å². The smallest absolute Gasteiger partial charge is 0.217 e. The molecule has 0 aromatic carbocycles. The molecule has 0 radical (unpaired) electrons. The molecule has 0 aromatic rings.